The number of rotatable bonds is 3. The van der Waals surface area contributed by atoms with Crippen LogP contribution < -0.4 is 15.8 Å². The van der Waals surface area contributed by atoms with Crippen molar-refractivity contribution in [1.82, 2.24) is 19.5 Å². The predicted molar refractivity (Wildman–Crippen MR) is 85.4 cm³/mol. The number of aromatic nitrogens is 4. The molecule has 0 bridgehead atoms. The van der Waals surface area contributed by atoms with Crippen LogP contribution in [0.2, 0.25) is 0 Å². The van der Waals surface area contributed by atoms with Crippen LogP contribution in [-0.4, -0.2) is 38.7 Å². The van der Waals surface area contributed by atoms with Gasteiger partial charge in [0.15, 0.2) is 5.82 Å². The zero-order chi connectivity index (χ0) is 18.0. The molecular formula is C15H17F3N6O. The summed E-state index contributed by atoms with van der Waals surface area (Å²) in [6, 6.07) is 0.652. The first-order chi connectivity index (χ1) is 11.8. The molecule has 0 aliphatic carbocycles. The molecule has 1 saturated heterocycles. The molecule has 0 saturated carbocycles. The van der Waals surface area contributed by atoms with Gasteiger partial charge >= 0.3 is 6.18 Å². The molecule has 0 amide bonds. The number of alkyl halides is 3. The van der Waals surface area contributed by atoms with E-state index in [0.29, 0.717) is 18.9 Å². The van der Waals surface area contributed by atoms with E-state index < -0.39 is 11.9 Å². The summed E-state index contributed by atoms with van der Waals surface area (Å²) in [6.45, 7) is 1.10. The third-order valence-corrected chi connectivity index (χ3v) is 4.00. The molecule has 0 unspecified atom stereocenters. The highest BCUT2D eigenvalue weighted by Crippen LogP contribution is 2.27. The van der Waals surface area contributed by atoms with Crippen LogP contribution in [0.5, 0.6) is 0 Å². The van der Waals surface area contributed by atoms with Crippen molar-refractivity contribution in [3.63, 3.8) is 0 Å². The van der Waals surface area contributed by atoms with Crippen molar-refractivity contribution >= 4 is 11.8 Å². The van der Waals surface area contributed by atoms with Gasteiger partial charge in [-0.3, -0.25) is 4.79 Å². The summed E-state index contributed by atoms with van der Waals surface area (Å²) in [5, 5.41) is 2.93. The summed E-state index contributed by atoms with van der Waals surface area (Å²) >= 11 is 0. The van der Waals surface area contributed by atoms with Gasteiger partial charge in [-0.2, -0.15) is 13.2 Å². The third-order valence-electron chi connectivity index (χ3n) is 4.00. The van der Waals surface area contributed by atoms with Gasteiger partial charge in [0.05, 0.1) is 0 Å². The van der Waals surface area contributed by atoms with Gasteiger partial charge in [0.1, 0.15) is 5.69 Å². The molecule has 1 atom stereocenters. The minimum atomic E-state index is -4.52. The molecule has 7 nitrogen and oxygen atoms in total. The van der Waals surface area contributed by atoms with Crippen LogP contribution in [-0.2, 0) is 13.2 Å². The number of anilines is 2. The largest absolute Gasteiger partial charge is 0.433 e. The van der Waals surface area contributed by atoms with E-state index in [4.69, 9.17) is 0 Å². The molecule has 3 heterocycles. The van der Waals surface area contributed by atoms with Crippen molar-refractivity contribution in [3.8, 4) is 0 Å². The SMILES string of the molecule is Cn1ccnc(N2CCC[C@@H](Nc3nccc(C(F)(F)F)n3)C2)c1=O. The molecule has 1 aliphatic heterocycles. The minimum absolute atomic E-state index is 0.0735. The second-order valence-corrected chi connectivity index (χ2v) is 5.86. The molecular weight excluding hydrogens is 337 g/mol. The van der Waals surface area contributed by atoms with E-state index in [2.05, 4.69) is 20.3 Å². The zero-order valence-electron chi connectivity index (χ0n) is 13.5. The van der Waals surface area contributed by atoms with E-state index in [9.17, 15) is 18.0 Å². The van der Waals surface area contributed by atoms with E-state index in [0.717, 1.165) is 25.1 Å². The molecule has 1 fully saturated rings. The number of hydrogen-bond donors (Lipinski definition) is 1. The van der Waals surface area contributed by atoms with E-state index in [1.165, 1.54) is 4.57 Å². The van der Waals surface area contributed by atoms with Crippen molar-refractivity contribution in [1.29, 1.82) is 0 Å². The third kappa shape index (κ3) is 3.89. The predicted octanol–water partition coefficient (Wildman–Crippen LogP) is 1.67. The molecule has 2 aromatic rings. The fourth-order valence-electron chi connectivity index (χ4n) is 2.76. The molecule has 2 aromatic heterocycles. The highest BCUT2D eigenvalue weighted by atomic mass is 19.4. The lowest BCUT2D eigenvalue weighted by Crippen LogP contribution is -2.45. The monoisotopic (exact) mass is 354 g/mol. The Hall–Kier alpha value is -2.65. The van der Waals surface area contributed by atoms with Gasteiger partial charge in [-0.05, 0) is 18.9 Å². The molecule has 10 heteroatoms. The average Bonchev–Trinajstić information content (AvgIpc) is 2.57. The number of piperidine rings is 1. The van der Waals surface area contributed by atoms with Gasteiger partial charge in [-0.15, -0.1) is 0 Å². The lowest BCUT2D eigenvalue weighted by molar-refractivity contribution is -0.141. The van der Waals surface area contributed by atoms with Crippen molar-refractivity contribution < 1.29 is 13.2 Å². The Balaban J connectivity index is 1.74. The molecule has 25 heavy (non-hydrogen) atoms. The Morgan fingerprint density at radius 3 is 2.84 bits per heavy atom. The highest BCUT2D eigenvalue weighted by molar-refractivity contribution is 5.38. The normalized spacial score (nSPS) is 18.2. The second kappa shape index (κ2) is 6.69. The van der Waals surface area contributed by atoms with Gasteiger partial charge < -0.3 is 14.8 Å². The van der Waals surface area contributed by atoms with Crippen molar-refractivity contribution in [2.24, 2.45) is 7.05 Å². The smallest absolute Gasteiger partial charge is 0.350 e. The number of halogens is 3. The van der Waals surface area contributed by atoms with Gasteiger partial charge in [0.2, 0.25) is 5.95 Å². The van der Waals surface area contributed by atoms with Crippen LogP contribution >= 0.6 is 0 Å². The van der Waals surface area contributed by atoms with Crippen LogP contribution in [0, 0.1) is 0 Å². The lowest BCUT2D eigenvalue weighted by atomic mass is 10.1. The first kappa shape index (κ1) is 17.2. The molecule has 0 aromatic carbocycles. The summed E-state index contributed by atoms with van der Waals surface area (Å²) in [5.41, 5.74) is -1.20. The van der Waals surface area contributed by atoms with Crippen LogP contribution in [0.25, 0.3) is 0 Å². The lowest BCUT2D eigenvalue weighted by Gasteiger charge is -2.33. The number of nitrogens with zero attached hydrogens (tertiary/aromatic N) is 5. The Morgan fingerprint density at radius 1 is 1.28 bits per heavy atom. The van der Waals surface area contributed by atoms with E-state index in [1.807, 2.05) is 4.90 Å². The number of aryl methyl sites for hydroxylation is 1. The molecule has 3 rings (SSSR count). The maximum atomic E-state index is 12.7. The summed E-state index contributed by atoms with van der Waals surface area (Å²) in [4.78, 5) is 25.5. The van der Waals surface area contributed by atoms with E-state index in [-0.39, 0.29) is 17.5 Å². The molecule has 1 aliphatic rings. The zero-order valence-corrected chi connectivity index (χ0v) is 13.5. The fraction of sp³-hybridized carbons (Fsp3) is 0.467. The van der Waals surface area contributed by atoms with Gasteiger partial charge in [0.25, 0.3) is 5.56 Å². The summed E-state index contributed by atoms with van der Waals surface area (Å²) in [5.74, 6) is 0.261. The van der Waals surface area contributed by atoms with Crippen molar-refractivity contribution in [2.75, 3.05) is 23.3 Å². The van der Waals surface area contributed by atoms with E-state index >= 15 is 0 Å². The van der Waals surface area contributed by atoms with Crippen LogP contribution in [0.4, 0.5) is 24.9 Å². The maximum absolute atomic E-state index is 12.7. The number of nitrogens with one attached hydrogen (secondary N) is 1. The summed E-state index contributed by atoms with van der Waals surface area (Å²) in [6.07, 6.45) is 1.19. The Bertz CT molecular complexity index is 806. The second-order valence-electron chi connectivity index (χ2n) is 5.86. The topological polar surface area (TPSA) is 75.9 Å². The van der Waals surface area contributed by atoms with Gasteiger partial charge in [0, 0.05) is 44.8 Å². The van der Waals surface area contributed by atoms with Crippen LogP contribution in [0.3, 0.4) is 0 Å². The Kier molecular flexibility index (Phi) is 4.60. The van der Waals surface area contributed by atoms with Gasteiger partial charge in [-0.25, -0.2) is 15.0 Å². The molecule has 134 valence electrons. The highest BCUT2D eigenvalue weighted by Gasteiger charge is 2.33. The quantitative estimate of drug-likeness (QED) is 0.904. The summed E-state index contributed by atoms with van der Waals surface area (Å²) in [7, 11) is 1.64. The standard InChI is InChI=1S/C15H17F3N6O/c1-23-8-6-19-12(13(23)25)24-7-2-3-10(9-24)21-14-20-5-4-11(22-14)15(16,17)18/h4-6,8,10H,2-3,7,9H2,1H3,(H,20,21,22)/t10-/m1/s1. The van der Waals surface area contributed by atoms with E-state index in [1.54, 1.807) is 19.4 Å². The van der Waals surface area contributed by atoms with Crippen LogP contribution in [0.15, 0.2) is 29.5 Å². The number of hydrogen-bond acceptors (Lipinski definition) is 6. The Labute approximate surface area is 141 Å². The van der Waals surface area contributed by atoms with Crippen molar-refractivity contribution in [3.05, 3.63) is 40.7 Å². The van der Waals surface area contributed by atoms with Gasteiger partial charge in [-0.1, -0.05) is 0 Å². The molecule has 0 radical (unpaired) electrons. The van der Waals surface area contributed by atoms with Crippen molar-refractivity contribution in [2.45, 2.75) is 25.1 Å². The minimum Gasteiger partial charge on any atom is -0.350 e. The average molecular weight is 354 g/mol. The maximum Gasteiger partial charge on any atom is 0.433 e. The summed E-state index contributed by atoms with van der Waals surface area (Å²) < 4.78 is 39.7. The Morgan fingerprint density at radius 2 is 2.08 bits per heavy atom. The fourth-order valence-corrected chi connectivity index (χ4v) is 2.76. The first-order valence-electron chi connectivity index (χ1n) is 7.78. The first-order valence-corrected chi connectivity index (χ1v) is 7.78. The molecule has 0 spiro atoms. The van der Waals surface area contributed by atoms with Crippen LogP contribution in [0.1, 0.15) is 18.5 Å². The molecule has 1 N–H and O–H groups in total.